The van der Waals surface area contributed by atoms with E-state index in [0.717, 1.165) is 6.08 Å². The Bertz CT molecular complexity index is 641. The Morgan fingerprint density at radius 1 is 1.29 bits per heavy atom. The van der Waals surface area contributed by atoms with Gasteiger partial charge in [0.1, 0.15) is 6.61 Å². The molecular weight excluding hydrogens is 272 g/mol. The van der Waals surface area contributed by atoms with Crippen molar-refractivity contribution in [1.82, 2.24) is 9.97 Å². The predicted molar refractivity (Wildman–Crippen MR) is 76.0 cm³/mol. The first-order valence-corrected chi connectivity index (χ1v) is 6.17. The van der Waals surface area contributed by atoms with Crippen molar-refractivity contribution in [3.05, 3.63) is 54.1 Å². The lowest BCUT2D eigenvalue weighted by Crippen LogP contribution is -2.01. The number of nitrogens with zero attached hydrogens (tertiary/aromatic N) is 2. The Morgan fingerprint density at radius 3 is 2.71 bits per heavy atom. The van der Waals surface area contributed by atoms with Gasteiger partial charge >= 0.3 is 5.97 Å². The molecule has 21 heavy (non-hydrogen) atoms. The predicted octanol–water partition coefficient (Wildman–Crippen LogP) is 2.16. The van der Waals surface area contributed by atoms with Gasteiger partial charge in [-0.25, -0.2) is 14.8 Å². The van der Waals surface area contributed by atoms with Crippen molar-refractivity contribution >= 4 is 12.0 Å². The number of methoxy groups -OCH3 is 1. The van der Waals surface area contributed by atoms with E-state index in [1.807, 2.05) is 0 Å². The summed E-state index contributed by atoms with van der Waals surface area (Å²) in [6, 6.07) is 6.88. The third-order valence-electron chi connectivity index (χ3n) is 2.58. The van der Waals surface area contributed by atoms with E-state index in [1.165, 1.54) is 13.2 Å². The second-order valence-corrected chi connectivity index (χ2v) is 4.04. The van der Waals surface area contributed by atoms with E-state index in [2.05, 4.69) is 9.97 Å². The van der Waals surface area contributed by atoms with Gasteiger partial charge in [-0.05, 0) is 29.8 Å². The van der Waals surface area contributed by atoms with E-state index in [0.29, 0.717) is 22.9 Å². The molecule has 0 fully saturated rings. The van der Waals surface area contributed by atoms with Gasteiger partial charge in [-0.1, -0.05) is 6.07 Å². The summed E-state index contributed by atoms with van der Waals surface area (Å²) in [7, 11) is 1.52. The standard InChI is InChI=1S/C15H14N2O4/c1-20-13-9-11(4-6-15(18)19)3-5-12(13)21-10-14-16-7-2-8-17-14/h2-9H,10H2,1H3,(H,18,19). The van der Waals surface area contributed by atoms with Gasteiger partial charge in [0.25, 0.3) is 0 Å². The van der Waals surface area contributed by atoms with Crippen molar-refractivity contribution < 1.29 is 19.4 Å². The summed E-state index contributed by atoms with van der Waals surface area (Å²) in [5, 5.41) is 8.61. The molecule has 0 spiro atoms. The number of ether oxygens (including phenoxy) is 2. The summed E-state index contributed by atoms with van der Waals surface area (Å²) >= 11 is 0. The maximum absolute atomic E-state index is 10.5. The maximum atomic E-state index is 10.5. The minimum atomic E-state index is -1.00. The Hall–Kier alpha value is -2.89. The van der Waals surface area contributed by atoms with Crippen LogP contribution in [-0.4, -0.2) is 28.2 Å². The number of carbonyl (C=O) groups is 1. The number of carboxylic acids is 1. The lowest BCUT2D eigenvalue weighted by Gasteiger charge is -2.10. The molecule has 1 aromatic heterocycles. The Labute approximate surface area is 121 Å². The van der Waals surface area contributed by atoms with Gasteiger partial charge in [-0.15, -0.1) is 0 Å². The lowest BCUT2D eigenvalue weighted by molar-refractivity contribution is -0.131. The molecule has 6 heteroatoms. The monoisotopic (exact) mass is 286 g/mol. The highest BCUT2D eigenvalue weighted by molar-refractivity contribution is 5.85. The average Bonchev–Trinajstić information content (AvgIpc) is 2.52. The van der Waals surface area contributed by atoms with Crippen LogP contribution in [0, 0.1) is 0 Å². The molecule has 1 aromatic carbocycles. The summed E-state index contributed by atoms with van der Waals surface area (Å²) < 4.78 is 10.8. The number of aromatic nitrogens is 2. The molecule has 6 nitrogen and oxygen atoms in total. The molecule has 0 aliphatic heterocycles. The first-order chi connectivity index (χ1) is 10.2. The van der Waals surface area contributed by atoms with Crippen LogP contribution >= 0.6 is 0 Å². The van der Waals surface area contributed by atoms with Gasteiger partial charge < -0.3 is 14.6 Å². The quantitative estimate of drug-likeness (QED) is 0.819. The summed E-state index contributed by atoms with van der Waals surface area (Å²) in [5.41, 5.74) is 0.706. The van der Waals surface area contributed by atoms with E-state index in [4.69, 9.17) is 14.6 Å². The number of rotatable bonds is 6. The molecule has 1 heterocycles. The molecule has 0 bridgehead atoms. The molecule has 2 rings (SSSR count). The van der Waals surface area contributed by atoms with Crippen LogP contribution in [0.15, 0.2) is 42.7 Å². The van der Waals surface area contributed by atoms with Crippen molar-refractivity contribution in [2.24, 2.45) is 0 Å². The van der Waals surface area contributed by atoms with Gasteiger partial charge in [0.2, 0.25) is 0 Å². The molecule has 2 aromatic rings. The third-order valence-corrected chi connectivity index (χ3v) is 2.58. The molecule has 108 valence electrons. The molecule has 0 unspecified atom stereocenters. The number of benzene rings is 1. The van der Waals surface area contributed by atoms with E-state index < -0.39 is 5.97 Å². The van der Waals surface area contributed by atoms with Gasteiger partial charge in [-0.2, -0.15) is 0 Å². The molecule has 0 saturated heterocycles. The fraction of sp³-hybridized carbons (Fsp3) is 0.133. The van der Waals surface area contributed by atoms with Gasteiger partial charge in [0.15, 0.2) is 17.3 Å². The number of hydrogen-bond donors (Lipinski definition) is 1. The van der Waals surface area contributed by atoms with E-state index in [1.54, 1.807) is 36.7 Å². The van der Waals surface area contributed by atoms with Crippen LogP contribution in [0.25, 0.3) is 6.08 Å². The van der Waals surface area contributed by atoms with Crippen molar-refractivity contribution in [3.8, 4) is 11.5 Å². The topological polar surface area (TPSA) is 81.5 Å². The SMILES string of the molecule is COc1cc(C=CC(=O)O)ccc1OCc1ncccn1. The zero-order chi connectivity index (χ0) is 15.1. The van der Waals surface area contributed by atoms with Crippen LogP contribution in [-0.2, 0) is 11.4 Å². The third kappa shape index (κ3) is 4.31. The van der Waals surface area contributed by atoms with Crippen LogP contribution in [0.5, 0.6) is 11.5 Å². The zero-order valence-electron chi connectivity index (χ0n) is 11.4. The van der Waals surface area contributed by atoms with Crippen LogP contribution in [0.3, 0.4) is 0 Å². The highest BCUT2D eigenvalue weighted by Crippen LogP contribution is 2.29. The maximum Gasteiger partial charge on any atom is 0.328 e. The number of carboxylic acid groups (broad SMARTS) is 1. The molecule has 0 saturated carbocycles. The van der Waals surface area contributed by atoms with E-state index >= 15 is 0 Å². The minimum Gasteiger partial charge on any atom is -0.493 e. The summed E-state index contributed by atoms with van der Waals surface area (Å²) in [5.74, 6) is 0.612. The normalized spacial score (nSPS) is 10.5. The van der Waals surface area contributed by atoms with Gasteiger partial charge in [0.05, 0.1) is 7.11 Å². The molecule has 1 N–H and O–H groups in total. The zero-order valence-corrected chi connectivity index (χ0v) is 11.4. The number of hydrogen-bond acceptors (Lipinski definition) is 5. The van der Waals surface area contributed by atoms with Gasteiger partial charge in [0, 0.05) is 18.5 Å². The fourth-order valence-electron chi connectivity index (χ4n) is 1.62. The Morgan fingerprint density at radius 2 is 2.05 bits per heavy atom. The minimum absolute atomic E-state index is 0.224. The molecule has 0 atom stereocenters. The smallest absolute Gasteiger partial charge is 0.328 e. The van der Waals surface area contributed by atoms with Crippen molar-refractivity contribution in [2.45, 2.75) is 6.61 Å². The second-order valence-electron chi connectivity index (χ2n) is 4.04. The lowest BCUT2D eigenvalue weighted by atomic mass is 10.2. The van der Waals surface area contributed by atoms with Gasteiger partial charge in [-0.3, -0.25) is 0 Å². The molecule has 0 amide bonds. The van der Waals surface area contributed by atoms with Crippen LogP contribution in [0.4, 0.5) is 0 Å². The number of aliphatic carboxylic acids is 1. The summed E-state index contributed by atoms with van der Waals surface area (Å²) in [6.45, 7) is 0.224. The van der Waals surface area contributed by atoms with Crippen molar-refractivity contribution in [1.29, 1.82) is 0 Å². The molecule has 0 aliphatic rings. The van der Waals surface area contributed by atoms with Crippen molar-refractivity contribution in [3.63, 3.8) is 0 Å². The first-order valence-electron chi connectivity index (χ1n) is 6.17. The molecule has 0 radical (unpaired) electrons. The largest absolute Gasteiger partial charge is 0.493 e. The molecule has 0 aliphatic carbocycles. The van der Waals surface area contributed by atoms with Crippen LogP contribution in [0.1, 0.15) is 11.4 Å². The Balaban J connectivity index is 2.11. The highest BCUT2D eigenvalue weighted by Gasteiger charge is 2.06. The van der Waals surface area contributed by atoms with E-state index in [-0.39, 0.29) is 6.61 Å². The van der Waals surface area contributed by atoms with E-state index in [9.17, 15) is 4.79 Å². The Kier molecular flexibility index (Phi) is 4.87. The summed E-state index contributed by atoms with van der Waals surface area (Å²) in [6.07, 6.45) is 5.83. The average molecular weight is 286 g/mol. The summed E-state index contributed by atoms with van der Waals surface area (Å²) in [4.78, 5) is 18.6. The van der Waals surface area contributed by atoms with Crippen molar-refractivity contribution in [2.75, 3.05) is 7.11 Å². The van der Waals surface area contributed by atoms with Crippen LogP contribution in [0.2, 0.25) is 0 Å². The van der Waals surface area contributed by atoms with Crippen LogP contribution < -0.4 is 9.47 Å². The first kappa shape index (κ1) is 14.5. The highest BCUT2D eigenvalue weighted by atomic mass is 16.5. The fourth-order valence-corrected chi connectivity index (χ4v) is 1.62. The second kappa shape index (κ2) is 7.04. The molecular formula is C15H14N2O4.